The van der Waals surface area contributed by atoms with Crippen molar-refractivity contribution in [2.24, 2.45) is 12.1 Å². The molecule has 0 aliphatic heterocycles. The molecule has 2 aromatic rings. The summed E-state index contributed by atoms with van der Waals surface area (Å²) in [5.74, 6) is -0.244. The lowest BCUT2D eigenvalue weighted by Gasteiger charge is -2.02. The molecule has 0 unspecified atom stereocenters. The summed E-state index contributed by atoms with van der Waals surface area (Å²) in [6, 6.07) is 9.13. The molecule has 0 spiro atoms. The Balaban J connectivity index is 2.03. The number of nitrogens with zero attached hydrogens (tertiary/aromatic N) is 2. The van der Waals surface area contributed by atoms with Gasteiger partial charge in [0.1, 0.15) is 5.75 Å². The molecule has 1 aromatic heterocycles. The van der Waals surface area contributed by atoms with Crippen LogP contribution in [0, 0.1) is 0 Å². The van der Waals surface area contributed by atoms with Crippen LogP contribution >= 0.6 is 0 Å². The maximum Gasteiger partial charge on any atom is 0.272 e. The Bertz CT molecular complexity index is 702. The molecule has 0 bridgehead atoms. The van der Waals surface area contributed by atoms with E-state index >= 15 is 0 Å². The van der Waals surface area contributed by atoms with E-state index in [-0.39, 0.29) is 11.3 Å². The van der Waals surface area contributed by atoms with Gasteiger partial charge in [-0.2, -0.15) is 5.10 Å². The Morgan fingerprint density at radius 3 is 2.60 bits per heavy atom. The van der Waals surface area contributed by atoms with Crippen molar-refractivity contribution in [2.75, 3.05) is 0 Å². The summed E-state index contributed by atoms with van der Waals surface area (Å²) in [5.41, 5.74) is 3.26. The first kappa shape index (κ1) is 13.5. The SMILES string of the molecule is Cn1cc(C(=O)N/N=C\c2ccc(O)cc2)ccc1=O. The van der Waals surface area contributed by atoms with Gasteiger partial charge in [-0.15, -0.1) is 0 Å². The number of aromatic hydroxyl groups is 1. The third-order valence-electron chi connectivity index (χ3n) is 2.62. The van der Waals surface area contributed by atoms with Crippen molar-refractivity contribution in [1.82, 2.24) is 9.99 Å². The van der Waals surface area contributed by atoms with E-state index in [0.29, 0.717) is 5.56 Å². The van der Waals surface area contributed by atoms with E-state index in [4.69, 9.17) is 5.11 Å². The second-order valence-corrected chi connectivity index (χ2v) is 4.16. The third-order valence-corrected chi connectivity index (χ3v) is 2.62. The molecule has 0 saturated heterocycles. The van der Waals surface area contributed by atoms with Gasteiger partial charge in [0, 0.05) is 19.3 Å². The van der Waals surface area contributed by atoms with Gasteiger partial charge in [-0.05, 0) is 35.9 Å². The number of benzene rings is 1. The summed E-state index contributed by atoms with van der Waals surface area (Å²) >= 11 is 0. The van der Waals surface area contributed by atoms with Crippen molar-refractivity contribution in [3.05, 3.63) is 64.1 Å². The standard InChI is InChI=1S/C14H13N3O3/c1-17-9-11(4-7-13(17)19)14(20)16-15-8-10-2-5-12(18)6-3-10/h2-9,18H,1H3,(H,16,20)/b15-8-. The van der Waals surface area contributed by atoms with E-state index in [9.17, 15) is 9.59 Å². The Kier molecular flexibility index (Phi) is 3.95. The van der Waals surface area contributed by atoms with Crippen LogP contribution in [0.15, 0.2) is 52.5 Å². The van der Waals surface area contributed by atoms with Gasteiger partial charge in [0.25, 0.3) is 5.91 Å². The van der Waals surface area contributed by atoms with Crippen LogP contribution in [0.3, 0.4) is 0 Å². The van der Waals surface area contributed by atoms with Gasteiger partial charge in [-0.3, -0.25) is 9.59 Å². The number of amides is 1. The van der Waals surface area contributed by atoms with Crippen molar-refractivity contribution >= 4 is 12.1 Å². The van der Waals surface area contributed by atoms with E-state index in [0.717, 1.165) is 5.56 Å². The number of aryl methyl sites for hydroxylation is 1. The lowest BCUT2D eigenvalue weighted by molar-refractivity contribution is 0.0954. The molecule has 0 atom stereocenters. The molecule has 2 N–H and O–H groups in total. The topological polar surface area (TPSA) is 83.7 Å². The van der Waals surface area contributed by atoms with Crippen molar-refractivity contribution in [3.63, 3.8) is 0 Å². The predicted octanol–water partition coefficient (Wildman–Crippen LogP) is 0.855. The molecular formula is C14H13N3O3. The number of aromatic nitrogens is 1. The first-order valence-corrected chi connectivity index (χ1v) is 5.85. The van der Waals surface area contributed by atoms with Gasteiger partial charge in [0.15, 0.2) is 0 Å². The summed E-state index contributed by atoms with van der Waals surface area (Å²) in [6.07, 6.45) is 2.90. The van der Waals surface area contributed by atoms with Crippen LogP contribution in [-0.4, -0.2) is 21.8 Å². The zero-order chi connectivity index (χ0) is 14.5. The number of carbonyl (C=O) groups excluding carboxylic acids is 1. The first-order valence-electron chi connectivity index (χ1n) is 5.85. The second-order valence-electron chi connectivity index (χ2n) is 4.16. The van der Waals surface area contributed by atoms with Crippen LogP contribution in [0.4, 0.5) is 0 Å². The average molecular weight is 271 g/mol. The zero-order valence-corrected chi connectivity index (χ0v) is 10.8. The molecule has 0 saturated carbocycles. The number of hydrogen-bond donors (Lipinski definition) is 2. The normalized spacial score (nSPS) is 10.7. The molecule has 0 aliphatic rings. The highest BCUT2D eigenvalue weighted by atomic mass is 16.3. The van der Waals surface area contributed by atoms with E-state index < -0.39 is 5.91 Å². The van der Waals surface area contributed by atoms with Crippen molar-refractivity contribution in [1.29, 1.82) is 0 Å². The molecule has 0 fully saturated rings. The minimum absolute atomic E-state index is 0.163. The molecule has 0 radical (unpaired) electrons. The van der Waals surface area contributed by atoms with Gasteiger partial charge in [-0.25, -0.2) is 5.43 Å². The molecule has 0 aliphatic carbocycles. The van der Waals surface area contributed by atoms with Crippen LogP contribution in [0.2, 0.25) is 0 Å². The van der Waals surface area contributed by atoms with Crippen molar-refractivity contribution in [3.8, 4) is 5.75 Å². The Labute approximate surface area is 115 Å². The highest BCUT2D eigenvalue weighted by Gasteiger charge is 2.04. The van der Waals surface area contributed by atoms with Gasteiger partial charge >= 0.3 is 0 Å². The van der Waals surface area contributed by atoms with Crippen LogP contribution in [0.5, 0.6) is 5.75 Å². The fourth-order valence-electron chi connectivity index (χ4n) is 1.52. The molecule has 2 rings (SSSR count). The Morgan fingerprint density at radius 1 is 1.25 bits per heavy atom. The molecule has 1 amide bonds. The highest BCUT2D eigenvalue weighted by Crippen LogP contribution is 2.07. The minimum Gasteiger partial charge on any atom is -0.508 e. The predicted molar refractivity (Wildman–Crippen MR) is 74.9 cm³/mol. The maximum atomic E-state index is 11.8. The summed E-state index contributed by atoms with van der Waals surface area (Å²) in [4.78, 5) is 23.0. The number of hydrogen-bond acceptors (Lipinski definition) is 4. The van der Waals surface area contributed by atoms with Crippen molar-refractivity contribution in [2.45, 2.75) is 0 Å². The fraction of sp³-hybridized carbons (Fsp3) is 0.0714. The lowest BCUT2D eigenvalue weighted by atomic mass is 10.2. The van der Waals surface area contributed by atoms with Crippen LogP contribution < -0.4 is 11.0 Å². The number of nitrogens with one attached hydrogen (secondary N) is 1. The summed E-state index contributed by atoms with van der Waals surface area (Å²) in [5, 5.41) is 12.9. The van der Waals surface area contributed by atoms with Crippen molar-refractivity contribution < 1.29 is 9.90 Å². The number of hydrazone groups is 1. The van der Waals surface area contributed by atoms with E-state index in [1.807, 2.05) is 0 Å². The van der Waals surface area contributed by atoms with Gasteiger partial charge < -0.3 is 9.67 Å². The third kappa shape index (κ3) is 3.32. The highest BCUT2D eigenvalue weighted by molar-refractivity contribution is 5.94. The van der Waals surface area contributed by atoms with Crippen LogP contribution in [-0.2, 0) is 7.05 Å². The number of carbonyl (C=O) groups is 1. The molecule has 102 valence electrons. The Morgan fingerprint density at radius 2 is 1.95 bits per heavy atom. The smallest absolute Gasteiger partial charge is 0.272 e. The first-order chi connectivity index (χ1) is 9.56. The number of pyridine rings is 1. The van der Waals surface area contributed by atoms with E-state index in [1.54, 1.807) is 19.2 Å². The van der Waals surface area contributed by atoms with E-state index in [2.05, 4.69) is 10.5 Å². The molecule has 6 nitrogen and oxygen atoms in total. The van der Waals surface area contributed by atoms with E-state index in [1.165, 1.54) is 41.2 Å². The second kappa shape index (κ2) is 5.83. The average Bonchev–Trinajstić information content (AvgIpc) is 2.44. The maximum absolute atomic E-state index is 11.8. The summed E-state index contributed by atoms with van der Waals surface area (Å²) < 4.78 is 1.32. The molecular weight excluding hydrogens is 258 g/mol. The largest absolute Gasteiger partial charge is 0.508 e. The van der Waals surface area contributed by atoms with Gasteiger partial charge in [0.2, 0.25) is 5.56 Å². The van der Waals surface area contributed by atoms with Gasteiger partial charge in [-0.1, -0.05) is 0 Å². The minimum atomic E-state index is -0.407. The van der Waals surface area contributed by atoms with Crippen LogP contribution in [0.1, 0.15) is 15.9 Å². The quantitative estimate of drug-likeness (QED) is 0.641. The number of rotatable bonds is 3. The number of phenols is 1. The zero-order valence-electron chi connectivity index (χ0n) is 10.8. The van der Waals surface area contributed by atoms with Crippen LogP contribution in [0.25, 0.3) is 0 Å². The molecule has 1 aromatic carbocycles. The summed E-state index contributed by atoms with van der Waals surface area (Å²) in [7, 11) is 1.57. The molecule has 20 heavy (non-hydrogen) atoms. The monoisotopic (exact) mass is 271 g/mol. The number of phenolic OH excluding ortho intramolecular Hbond substituents is 1. The van der Waals surface area contributed by atoms with Gasteiger partial charge in [0.05, 0.1) is 11.8 Å². The molecule has 1 heterocycles. The lowest BCUT2D eigenvalue weighted by Crippen LogP contribution is -2.22. The fourth-order valence-corrected chi connectivity index (χ4v) is 1.52. The molecule has 6 heteroatoms. The summed E-state index contributed by atoms with van der Waals surface area (Å²) in [6.45, 7) is 0. The Hall–Kier alpha value is -2.89.